The molecule has 1 aromatic heterocycles. The molecule has 0 radical (unpaired) electrons. The molecule has 2 atom stereocenters. The lowest BCUT2D eigenvalue weighted by Gasteiger charge is -2.28. The van der Waals surface area contributed by atoms with E-state index in [4.69, 9.17) is 4.98 Å². The van der Waals surface area contributed by atoms with Gasteiger partial charge in [-0.05, 0) is 58.5 Å². The molecule has 0 bridgehead atoms. The molecule has 0 spiro atoms. The molecule has 2 heterocycles. The summed E-state index contributed by atoms with van der Waals surface area (Å²) in [4.78, 5) is 9.45. The van der Waals surface area contributed by atoms with Crippen LogP contribution in [0.2, 0.25) is 0 Å². The molecule has 0 saturated carbocycles. The summed E-state index contributed by atoms with van der Waals surface area (Å²) < 4.78 is 0. The fourth-order valence-electron chi connectivity index (χ4n) is 3.05. The van der Waals surface area contributed by atoms with Crippen LogP contribution in [0.15, 0.2) is 18.3 Å². The van der Waals surface area contributed by atoms with Crippen LogP contribution in [-0.4, -0.2) is 49.7 Å². The summed E-state index contributed by atoms with van der Waals surface area (Å²) in [6.07, 6.45) is 5.75. The van der Waals surface area contributed by atoms with Crippen molar-refractivity contribution in [1.29, 1.82) is 0 Å². The highest BCUT2D eigenvalue weighted by Crippen LogP contribution is 2.25. The molecule has 1 saturated heterocycles. The first kappa shape index (κ1) is 16.2. The normalized spacial score (nSPS) is 20.2. The van der Waals surface area contributed by atoms with Gasteiger partial charge in [-0.15, -0.1) is 0 Å². The van der Waals surface area contributed by atoms with E-state index in [1.54, 1.807) is 0 Å². The van der Waals surface area contributed by atoms with Crippen molar-refractivity contribution in [1.82, 2.24) is 15.2 Å². The van der Waals surface area contributed by atoms with Crippen molar-refractivity contribution in [2.45, 2.75) is 45.2 Å². The number of nitrogens with zero attached hydrogens (tertiary/aromatic N) is 3. The van der Waals surface area contributed by atoms with Crippen molar-refractivity contribution in [3.05, 3.63) is 23.9 Å². The Hall–Kier alpha value is -1.13. The highest BCUT2D eigenvalue weighted by atomic mass is 15.3. The number of nitrogens with one attached hydrogen (secondary N) is 1. The molecular formula is C17H30N4. The molecule has 21 heavy (non-hydrogen) atoms. The number of pyridine rings is 1. The maximum Gasteiger partial charge on any atom is 0.128 e. The van der Waals surface area contributed by atoms with Crippen LogP contribution in [0.4, 0.5) is 5.82 Å². The number of hydrogen-bond acceptors (Lipinski definition) is 4. The van der Waals surface area contributed by atoms with Crippen LogP contribution in [0.25, 0.3) is 0 Å². The Bertz CT molecular complexity index is 415. The lowest BCUT2D eigenvalue weighted by atomic mass is 10.1. The Balaban J connectivity index is 2.01. The van der Waals surface area contributed by atoms with E-state index in [-0.39, 0.29) is 0 Å². The molecule has 1 fully saturated rings. The molecule has 0 aromatic carbocycles. The van der Waals surface area contributed by atoms with Gasteiger partial charge in [0.2, 0.25) is 0 Å². The highest BCUT2D eigenvalue weighted by Gasteiger charge is 2.25. The van der Waals surface area contributed by atoms with Crippen LogP contribution in [0.5, 0.6) is 0 Å². The third-order valence-corrected chi connectivity index (χ3v) is 4.22. The summed E-state index contributed by atoms with van der Waals surface area (Å²) in [6, 6.07) is 5.39. The summed E-state index contributed by atoms with van der Waals surface area (Å²) in [5.41, 5.74) is 1.27. The van der Waals surface area contributed by atoms with Crippen LogP contribution in [-0.2, 0) is 0 Å². The van der Waals surface area contributed by atoms with Gasteiger partial charge in [-0.2, -0.15) is 0 Å². The van der Waals surface area contributed by atoms with Crippen LogP contribution in [0, 0.1) is 0 Å². The number of rotatable bonds is 7. The molecule has 0 amide bonds. The quantitative estimate of drug-likeness (QED) is 0.836. The summed E-state index contributed by atoms with van der Waals surface area (Å²) in [5.74, 6) is 1.13. The van der Waals surface area contributed by atoms with E-state index < -0.39 is 0 Å². The van der Waals surface area contributed by atoms with Gasteiger partial charge < -0.3 is 15.1 Å². The van der Waals surface area contributed by atoms with Crippen molar-refractivity contribution in [2.75, 3.05) is 38.6 Å². The molecular weight excluding hydrogens is 260 g/mol. The molecule has 2 unspecified atom stereocenters. The second-order valence-corrected chi connectivity index (χ2v) is 6.38. The molecule has 2 rings (SSSR count). The zero-order chi connectivity index (χ0) is 15.2. The van der Waals surface area contributed by atoms with Crippen LogP contribution in [0.1, 0.15) is 44.7 Å². The fraction of sp³-hybridized carbons (Fsp3) is 0.706. The maximum absolute atomic E-state index is 4.71. The van der Waals surface area contributed by atoms with Crippen molar-refractivity contribution < 1.29 is 0 Å². The SMILES string of the molecule is CCCNC(C)c1ccc(N2CCCC2CN(C)C)nc1. The Morgan fingerprint density at radius 2 is 2.24 bits per heavy atom. The predicted molar refractivity (Wildman–Crippen MR) is 89.9 cm³/mol. The second-order valence-electron chi connectivity index (χ2n) is 6.38. The third kappa shape index (κ3) is 4.42. The molecule has 0 aliphatic carbocycles. The van der Waals surface area contributed by atoms with E-state index in [0.717, 1.165) is 31.9 Å². The smallest absolute Gasteiger partial charge is 0.128 e. The van der Waals surface area contributed by atoms with Crippen molar-refractivity contribution in [2.24, 2.45) is 0 Å². The lowest BCUT2D eigenvalue weighted by molar-refractivity contribution is 0.371. The minimum atomic E-state index is 0.377. The van der Waals surface area contributed by atoms with E-state index in [1.807, 2.05) is 6.20 Å². The average Bonchev–Trinajstić information content (AvgIpc) is 2.92. The molecule has 4 nitrogen and oxygen atoms in total. The standard InChI is InChI=1S/C17H30N4/c1-5-10-18-14(2)15-8-9-17(19-12-15)21-11-6-7-16(21)13-20(3)4/h8-9,12,14,16,18H,5-7,10-11,13H2,1-4H3. The van der Waals surface area contributed by atoms with Gasteiger partial charge in [-0.25, -0.2) is 4.98 Å². The minimum absolute atomic E-state index is 0.377. The maximum atomic E-state index is 4.71. The summed E-state index contributed by atoms with van der Waals surface area (Å²) in [6.45, 7) is 7.70. The van der Waals surface area contributed by atoms with Gasteiger partial charge in [0.05, 0.1) is 0 Å². The summed E-state index contributed by atoms with van der Waals surface area (Å²) in [5, 5.41) is 3.51. The Morgan fingerprint density at radius 3 is 2.86 bits per heavy atom. The van der Waals surface area contributed by atoms with Crippen molar-refractivity contribution in [3.8, 4) is 0 Å². The van der Waals surface area contributed by atoms with Gasteiger partial charge in [0, 0.05) is 31.4 Å². The number of anilines is 1. The minimum Gasteiger partial charge on any atom is -0.352 e. The number of aromatic nitrogens is 1. The first-order chi connectivity index (χ1) is 10.1. The molecule has 1 aliphatic heterocycles. The molecule has 1 N–H and O–H groups in total. The van der Waals surface area contributed by atoms with Crippen molar-refractivity contribution in [3.63, 3.8) is 0 Å². The molecule has 1 aromatic rings. The number of likely N-dealkylation sites (N-methyl/N-ethyl adjacent to an activating group) is 1. The van der Waals surface area contributed by atoms with Gasteiger partial charge in [0.15, 0.2) is 0 Å². The Kier molecular flexibility index (Phi) is 6.00. The van der Waals surface area contributed by atoms with Gasteiger partial charge in [-0.3, -0.25) is 0 Å². The lowest BCUT2D eigenvalue weighted by Crippen LogP contribution is -2.38. The van der Waals surface area contributed by atoms with E-state index in [0.29, 0.717) is 12.1 Å². The van der Waals surface area contributed by atoms with Crippen LogP contribution >= 0.6 is 0 Å². The van der Waals surface area contributed by atoms with Crippen LogP contribution in [0.3, 0.4) is 0 Å². The second kappa shape index (κ2) is 7.76. The highest BCUT2D eigenvalue weighted by molar-refractivity contribution is 5.42. The Labute approximate surface area is 129 Å². The summed E-state index contributed by atoms with van der Waals surface area (Å²) in [7, 11) is 4.29. The zero-order valence-corrected chi connectivity index (χ0v) is 14.0. The van der Waals surface area contributed by atoms with Crippen LogP contribution < -0.4 is 10.2 Å². The topological polar surface area (TPSA) is 31.4 Å². The largest absolute Gasteiger partial charge is 0.352 e. The van der Waals surface area contributed by atoms with E-state index in [1.165, 1.54) is 18.4 Å². The zero-order valence-electron chi connectivity index (χ0n) is 14.0. The Morgan fingerprint density at radius 1 is 1.43 bits per heavy atom. The van der Waals surface area contributed by atoms with E-state index in [2.05, 4.69) is 55.2 Å². The average molecular weight is 290 g/mol. The molecule has 4 heteroatoms. The van der Waals surface area contributed by atoms with Gasteiger partial charge in [-0.1, -0.05) is 13.0 Å². The van der Waals surface area contributed by atoms with E-state index >= 15 is 0 Å². The number of hydrogen-bond donors (Lipinski definition) is 1. The summed E-state index contributed by atoms with van der Waals surface area (Å²) >= 11 is 0. The monoisotopic (exact) mass is 290 g/mol. The van der Waals surface area contributed by atoms with Crippen molar-refractivity contribution >= 4 is 5.82 Å². The molecule has 1 aliphatic rings. The van der Waals surface area contributed by atoms with Gasteiger partial charge in [0.25, 0.3) is 0 Å². The van der Waals surface area contributed by atoms with Gasteiger partial charge in [0.1, 0.15) is 5.82 Å². The molecule has 118 valence electrons. The first-order valence-corrected chi connectivity index (χ1v) is 8.22. The fourth-order valence-corrected chi connectivity index (χ4v) is 3.05. The predicted octanol–water partition coefficient (Wildman–Crippen LogP) is 2.67. The third-order valence-electron chi connectivity index (χ3n) is 4.22. The van der Waals surface area contributed by atoms with E-state index in [9.17, 15) is 0 Å². The van der Waals surface area contributed by atoms with Gasteiger partial charge >= 0.3 is 0 Å². The first-order valence-electron chi connectivity index (χ1n) is 8.22.